The normalized spacial score (nSPS) is 24.7. The number of pyridine rings is 1. The van der Waals surface area contributed by atoms with Gasteiger partial charge >= 0.3 is 0 Å². The van der Waals surface area contributed by atoms with Crippen molar-refractivity contribution in [3.05, 3.63) is 30.1 Å². The highest BCUT2D eigenvalue weighted by Crippen LogP contribution is 2.25. The number of nitrogens with zero attached hydrogens (tertiary/aromatic N) is 2. The van der Waals surface area contributed by atoms with E-state index in [4.69, 9.17) is 10.5 Å². The number of hydrogen-bond acceptors (Lipinski definition) is 4. The smallest absolute Gasteiger partial charge is 0.0674 e. The molecule has 1 fully saturated rings. The molecule has 1 aliphatic heterocycles. The van der Waals surface area contributed by atoms with Crippen molar-refractivity contribution in [2.45, 2.75) is 44.9 Å². The van der Waals surface area contributed by atoms with E-state index in [-0.39, 0.29) is 18.2 Å². The molecule has 3 atom stereocenters. The van der Waals surface area contributed by atoms with Crippen LogP contribution in [0.1, 0.15) is 38.4 Å². The highest BCUT2D eigenvalue weighted by atomic mass is 16.5. The van der Waals surface area contributed by atoms with E-state index >= 15 is 0 Å². The summed E-state index contributed by atoms with van der Waals surface area (Å²) in [7, 11) is 0. The van der Waals surface area contributed by atoms with Crippen molar-refractivity contribution in [2.75, 3.05) is 19.7 Å². The van der Waals surface area contributed by atoms with Crippen molar-refractivity contribution >= 4 is 0 Å². The summed E-state index contributed by atoms with van der Waals surface area (Å²) >= 11 is 0. The molecule has 4 heteroatoms. The second-order valence-corrected chi connectivity index (χ2v) is 5.30. The lowest BCUT2D eigenvalue weighted by Crippen LogP contribution is -2.43. The summed E-state index contributed by atoms with van der Waals surface area (Å²) in [5.41, 5.74) is 7.43. The van der Waals surface area contributed by atoms with Gasteiger partial charge in [-0.1, -0.05) is 13.0 Å². The number of hydrogen-bond donors (Lipinski definition) is 1. The van der Waals surface area contributed by atoms with Gasteiger partial charge < -0.3 is 10.5 Å². The molecule has 106 valence electrons. The molecule has 0 bridgehead atoms. The van der Waals surface area contributed by atoms with Crippen molar-refractivity contribution < 1.29 is 4.74 Å². The van der Waals surface area contributed by atoms with Gasteiger partial charge in [0.1, 0.15) is 0 Å². The summed E-state index contributed by atoms with van der Waals surface area (Å²) in [6.07, 6.45) is 4.12. The Labute approximate surface area is 116 Å². The van der Waals surface area contributed by atoms with Crippen LogP contribution in [-0.4, -0.2) is 41.7 Å². The molecule has 19 heavy (non-hydrogen) atoms. The van der Waals surface area contributed by atoms with Crippen LogP contribution < -0.4 is 5.73 Å². The standard InChI is InChI=1S/C15H25N3O/c1-3-13(16)15(14-7-4-5-8-17-14)18-9-6-10-19-12(2)11-18/h4-5,7-8,12-13,15H,3,6,9-11,16H2,1-2H3. The van der Waals surface area contributed by atoms with E-state index in [1.54, 1.807) is 0 Å². The Hall–Kier alpha value is -0.970. The SMILES string of the molecule is CCC(N)C(c1ccccn1)N1CCCOC(C)C1. The van der Waals surface area contributed by atoms with Crippen LogP contribution in [0.5, 0.6) is 0 Å². The van der Waals surface area contributed by atoms with Gasteiger partial charge in [-0.15, -0.1) is 0 Å². The molecule has 0 aliphatic carbocycles. The van der Waals surface area contributed by atoms with Gasteiger partial charge in [0.2, 0.25) is 0 Å². The molecular weight excluding hydrogens is 238 g/mol. The number of nitrogens with two attached hydrogens (primary N) is 1. The van der Waals surface area contributed by atoms with Gasteiger partial charge in [0.05, 0.1) is 17.8 Å². The maximum Gasteiger partial charge on any atom is 0.0674 e. The summed E-state index contributed by atoms with van der Waals surface area (Å²) in [6.45, 7) is 7.06. The van der Waals surface area contributed by atoms with E-state index in [1.165, 1.54) is 0 Å². The Morgan fingerprint density at radius 3 is 3.05 bits per heavy atom. The monoisotopic (exact) mass is 263 g/mol. The molecule has 0 aromatic carbocycles. The van der Waals surface area contributed by atoms with E-state index in [0.717, 1.165) is 38.2 Å². The lowest BCUT2D eigenvalue weighted by molar-refractivity contribution is 0.0570. The molecule has 4 nitrogen and oxygen atoms in total. The summed E-state index contributed by atoms with van der Waals surface area (Å²) < 4.78 is 5.73. The van der Waals surface area contributed by atoms with Crippen LogP contribution in [0.25, 0.3) is 0 Å². The second kappa shape index (κ2) is 6.98. The first-order chi connectivity index (χ1) is 9.22. The van der Waals surface area contributed by atoms with E-state index < -0.39 is 0 Å². The average Bonchev–Trinajstić information content (AvgIpc) is 2.65. The van der Waals surface area contributed by atoms with E-state index in [1.807, 2.05) is 18.3 Å². The topological polar surface area (TPSA) is 51.4 Å². The first-order valence-electron chi connectivity index (χ1n) is 7.24. The fourth-order valence-electron chi connectivity index (χ4n) is 2.73. The average molecular weight is 263 g/mol. The minimum absolute atomic E-state index is 0.111. The van der Waals surface area contributed by atoms with Crippen LogP contribution in [-0.2, 0) is 4.74 Å². The second-order valence-electron chi connectivity index (χ2n) is 5.30. The van der Waals surface area contributed by atoms with Gasteiger partial charge in [-0.3, -0.25) is 9.88 Å². The van der Waals surface area contributed by atoms with E-state index in [9.17, 15) is 0 Å². The van der Waals surface area contributed by atoms with Crippen molar-refractivity contribution in [3.8, 4) is 0 Å². The first kappa shape index (κ1) is 14.4. The zero-order chi connectivity index (χ0) is 13.7. The molecule has 1 aromatic rings. The highest BCUT2D eigenvalue weighted by Gasteiger charge is 2.29. The molecule has 2 rings (SSSR count). The molecule has 0 radical (unpaired) electrons. The predicted molar refractivity (Wildman–Crippen MR) is 76.8 cm³/mol. The Morgan fingerprint density at radius 1 is 1.53 bits per heavy atom. The number of ether oxygens (including phenoxy) is 1. The maximum atomic E-state index is 6.35. The lowest BCUT2D eigenvalue weighted by atomic mass is 10.00. The largest absolute Gasteiger partial charge is 0.377 e. The van der Waals surface area contributed by atoms with Gasteiger partial charge in [0.25, 0.3) is 0 Å². The van der Waals surface area contributed by atoms with Gasteiger partial charge in [-0.2, -0.15) is 0 Å². The first-order valence-corrected chi connectivity index (χ1v) is 7.24. The van der Waals surface area contributed by atoms with Crippen molar-refractivity contribution in [2.24, 2.45) is 5.73 Å². The van der Waals surface area contributed by atoms with Crippen LogP contribution in [0.2, 0.25) is 0 Å². The van der Waals surface area contributed by atoms with Crippen molar-refractivity contribution in [1.29, 1.82) is 0 Å². The van der Waals surface area contributed by atoms with Crippen LogP contribution in [0.15, 0.2) is 24.4 Å². The Bertz CT molecular complexity index is 371. The molecule has 2 heterocycles. The summed E-state index contributed by atoms with van der Waals surface area (Å²) in [6, 6.07) is 6.37. The molecule has 3 unspecified atom stereocenters. The quantitative estimate of drug-likeness (QED) is 0.902. The van der Waals surface area contributed by atoms with Crippen LogP contribution in [0.3, 0.4) is 0 Å². The number of aromatic nitrogens is 1. The van der Waals surface area contributed by atoms with Gasteiger partial charge in [0.15, 0.2) is 0 Å². The van der Waals surface area contributed by atoms with Crippen LogP contribution in [0.4, 0.5) is 0 Å². The third-order valence-corrected chi connectivity index (χ3v) is 3.74. The lowest BCUT2D eigenvalue weighted by Gasteiger charge is -2.34. The summed E-state index contributed by atoms with van der Waals surface area (Å²) in [4.78, 5) is 6.96. The fourth-order valence-corrected chi connectivity index (χ4v) is 2.73. The fraction of sp³-hybridized carbons (Fsp3) is 0.667. The van der Waals surface area contributed by atoms with Gasteiger partial charge in [-0.05, 0) is 31.9 Å². The van der Waals surface area contributed by atoms with Gasteiger partial charge in [-0.25, -0.2) is 0 Å². The highest BCUT2D eigenvalue weighted by molar-refractivity contribution is 5.11. The van der Waals surface area contributed by atoms with Crippen molar-refractivity contribution in [1.82, 2.24) is 9.88 Å². The maximum absolute atomic E-state index is 6.35. The molecule has 0 saturated carbocycles. The molecule has 0 amide bonds. The van der Waals surface area contributed by atoms with Crippen LogP contribution in [0, 0.1) is 0 Å². The van der Waals surface area contributed by atoms with Crippen LogP contribution >= 0.6 is 0 Å². The predicted octanol–water partition coefficient (Wildman–Crippen LogP) is 1.97. The van der Waals surface area contributed by atoms with E-state index in [2.05, 4.69) is 29.8 Å². The minimum Gasteiger partial charge on any atom is -0.377 e. The number of rotatable bonds is 4. The molecule has 0 spiro atoms. The van der Waals surface area contributed by atoms with E-state index in [0.29, 0.717) is 0 Å². The zero-order valence-corrected chi connectivity index (χ0v) is 12.0. The molecule has 1 aromatic heterocycles. The Balaban J connectivity index is 2.21. The third-order valence-electron chi connectivity index (χ3n) is 3.74. The Morgan fingerprint density at radius 2 is 2.37 bits per heavy atom. The Kier molecular flexibility index (Phi) is 5.31. The molecule has 2 N–H and O–H groups in total. The summed E-state index contributed by atoms with van der Waals surface area (Å²) in [5, 5.41) is 0. The molecular formula is C15H25N3O. The molecule has 1 aliphatic rings. The zero-order valence-electron chi connectivity index (χ0n) is 12.0. The third kappa shape index (κ3) is 3.75. The van der Waals surface area contributed by atoms with Gasteiger partial charge in [0, 0.05) is 31.9 Å². The van der Waals surface area contributed by atoms with Crippen molar-refractivity contribution in [3.63, 3.8) is 0 Å². The summed E-state index contributed by atoms with van der Waals surface area (Å²) in [5.74, 6) is 0. The molecule has 1 saturated heterocycles. The minimum atomic E-state index is 0.111.